The van der Waals surface area contributed by atoms with Crippen LogP contribution in [-0.4, -0.2) is 30.4 Å². The Morgan fingerprint density at radius 2 is 2.00 bits per heavy atom. The highest BCUT2D eigenvalue weighted by molar-refractivity contribution is 9.06. The van der Waals surface area contributed by atoms with Crippen LogP contribution in [0.25, 0.3) is 0 Å². The Morgan fingerprint density at radius 3 is 2.47 bits per heavy atom. The van der Waals surface area contributed by atoms with E-state index in [9.17, 15) is 4.57 Å². The third-order valence-electron chi connectivity index (χ3n) is 1.19. The lowest BCUT2D eigenvalue weighted by atomic mass is 10.5. The number of hydrogen-bond donors (Lipinski definition) is 0. The lowest BCUT2D eigenvalue weighted by Crippen LogP contribution is -2.10. The molecule has 0 aliphatic carbocycles. The second kappa shape index (κ2) is 9.49. The third-order valence-corrected chi connectivity index (χ3v) is 4.47. The molecule has 4 nitrogen and oxygen atoms in total. The molecule has 0 radical (unpaired) electrons. The van der Waals surface area contributed by atoms with Crippen molar-refractivity contribution in [2.45, 2.75) is 11.8 Å². The SMILES string of the molecule is O=P(OBr)(OCCCCl)OCC(Cl)CCl. The monoisotopic (exact) mass is 362 g/mol. The molecule has 2 unspecified atom stereocenters. The summed E-state index contributed by atoms with van der Waals surface area (Å²) in [6.45, 7) is 0.162. The zero-order valence-electron chi connectivity index (χ0n) is 7.70. The first-order chi connectivity index (χ1) is 7.08. The molecule has 0 N–H and O–H groups in total. The van der Waals surface area contributed by atoms with Gasteiger partial charge in [0.15, 0.2) is 0 Å². The second-order valence-electron chi connectivity index (χ2n) is 2.44. The van der Waals surface area contributed by atoms with E-state index in [2.05, 4.69) is 19.9 Å². The number of hydrogen-bond acceptors (Lipinski definition) is 4. The number of phosphoric acid groups is 1. The minimum absolute atomic E-state index is 0.0190. The molecule has 0 aromatic rings. The van der Waals surface area contributed by atoms with Gasteiger partial charge in [0, 0.05) is 11.8 Å². The van der Waals surface area contributed by atoms with Gasteiger partial charge in [0.1, 0.15) is 16.3 Å². The summed E-state index contributed by atoms with van der Waals surface area (Å²) in [5.41, 5.74) is 0. The molecule has 0 spiro atoms. The van der Waals surface area contributed by atoms with Gasteiger partial charge in [-0.3, -0.25) is 9.05 Å². The van der Waals surface area contributed by atoms with Crippen molar-refractivity contribution in [1.29, 1.82) is 0 Å². The molecule has 0 aromatic heterocycles. The molecule has 15 heavy (non-hydrogen) atoms. The highest BCUT2D eigenvalue weighted by Gasteiger charge is 2.27. The fourth-order valence-electron chi connectivity index (χ4n) is 0.525. The van der Waals surface area contributed by atoms with Crippen LogP contribution in [0, 0.1) is 0 Å². The van der Waals surface area contributed by atoms with Gasteiger partial charge in [-0.15, -0.1) is 34.8 Å². The zero-order valence-corrected chi connectivity index (χ0v) is 12.5. The molecule has 92 valence electrons. The zero-order chi connectivity index (χ0) is 11.7. The number of halogens is 4. The van der Waals surface area contributed by atoms with Crippen molar-refractivity contribution in [3.8, 4) is 0 Å². The number of alkyl halides is 3. The van der Waals surface area contributed by atoms with Crippen LogP contribution in [0.4, 0.5) is 0 Å². The van der Waals surface area contributed by atoms with E-state index in [0.29, 0.717) is 12.3 Å². The minimum Gasteiger partial charge on any atom is -0.286 e. The van der Waals surface area contributed by atoms with Crippen LogP contribution >= 0.6 is 58.9 Å². The molecule has 0 rings (SSSR count). The van der Waals surface area contributed by atoms with Gasteiger partial charge in [-0.1, -0.05) is 0 Å². The molecule has 0 saturated carbocycles. The summed E-state index contributed by atoms with van der Waals surface area (Å²) in [4.78, 5) is 0. The average molecular weight is 364 g/mol. The first-order valence-electron chi connectivity index (χ1n) is 4.03. The molecule has 9 heteroatoms. The van der Waals surface area contributed by atoms with Crippen LogP contribution in [0.2, 0.25) is 0 Å². The molecular weight excluding hydrogens is 353 g/mol. The highest BCUT2D eigenvalue weighted by Crippen LogP contribution is 2.51. The van der Waals surface area contributed by atoms with Crippen LogP contribution in [0.3, 0.4) is 0 Å². The van der Waals surface area contributed by atoms with Crippen molar-refractivity contribution in [2.75, 3.05) is 25.0 Å². The molecule has 0 fully saturated rings. The van der Waals surface area contributed by atoms with E-state index >= 15 is 0 Å². The van der Waals surface area contributed by atoms with Gasteiger partial charge in [0.05, 0.1) is 18.6 Å². The largest absolute Gasteiger partial charge is 0.485 e. The van der Waals surface area contributed by atoms with E-state index in [1.54, 1.807) is 0 Å². The van der Waals surface area contributed by atoms with Crippen LogP contribution in [0.15, 0.2) is 0 Å². The second-order valence-corrected chi connectivity index (χ2v) is 6.16. The summed E-state index contributed by atoms with van der Waals surface area (Å²) < 4.78 is 25.9. The van der Waals surface area contributed by atoms with E-state index in [0.717, 1.165) is 0 Å². The molecule has 0 aromatic carbocycles. The molecule has 0 bridgehead atoms. The smallest absolute Gasteiger partial charge is 0.286 e. The van der Waals surface area contributed by atoms with E-state index in [-0.39, 0.29) is 19.1 Å². The summed E-state index contributed by atoms with van der Waals surface area (Å²) in [5.74, 6) is 0.591. The summed E-state index contributed by atoms with van der Waals surface area (Å²) >= 11 is 19.1. The maximum absolute atomic E-state index is 11.6. The maximum atomic E-state index is 11.6. The molecule has 0 amide bonds. The van der Waals surface area contributed by atoms with Gasteiger partial charge < -0.3 is 0 Å². The Kier molecular flexibility index (Phi) is 10.4. The van der Waals surface area contributed by atoms with Crippen molar-refractivity contribution in [3.63, 3.8) is 0 Å². The van der Waals surface area contributed by atoms with Gasteiger partial charge in [-0.05, 0) is 6.42 Å². The Morgan fingerprint density at radius 1 is 1.33 bits per heavy atom. The van der Waals surface area contributed by atoms with Gasteiger partial charge in [-0.25, -0.2) is 8.18 Å². The normalized spacial score (nSPS) is 17.3. The Bertz CT molecular complexity index is 209. The van der Waals surface area contributed by atoms with E-state index in [1.165, 1.54) is 0 Å². The van der Waals surface area contributed by atoms with Crippen molar-refractivity contribution in [3.05, 3.63) is 0 Å². The molecule has 2 atom stereocenters. The van der Waals surface area contributed by atoms with Crippen LogP contribution in [0.1, 0.15) is 6.42 Å². The van der Waals surface area contributed by atoms with Gasteiger partial charge >= 0.3 is 7.82 Å². The van der Waals surface area contributed by atoms with Gasteiger partial charge in [0.2, 0.25) is 0 Å². The quantitative estimate of drug-likeness (QED) is 0.353. The first-order valence-corrected chi connectivity index (χ1v) is 7.64. The number of rotatable bonds is 9. The topological polar surface area (TPSA) is 44.8 Å². The van der Waals surface area contributed by atoms with Gasteiger partial charge in [-0.2, -0.15) is 0 Å². The average Bonchev–Trinajstić information content (AvgIpc) is 2.26. The van der Waals surface area contributed by atoms with Crippen LogP contribution in [-0.2, 0) is 17.2 Å². The van der Waals surface area contributed by atoms with Crippen molar-refractivity contribution >= 4 is 58.9 Å². The summed E-state index contributed by atoms with van der Waals surface area (Å²) in [6.07, 6.45) is 0.547. The Hall–Kier alpha value is 1.46. The fraction of sp³-hybridized carbons (Fsp3) is 1.00. The molecule has 0 aliphatic heterocycles. The van der Waals surface area contributed by atoms with Crippen molar-refractivity contribution < 1.29 is 17.2 Å². The molecule has 0 saturated heterocycles. The summed E-state index contributed by atoms with van der Waals surface area (Å²) in [6, 6.07) is 0. The Balaban J connectivity index is 3.90. The number of phosphoric ester groups is 1. The molecule has 0 aliphatic rings. The van der Waals surface area contributed by atoms with E-state index in [1.807, 2.05) is 0 Å². The standard InChI is InChI=1S/C6H11BrCl3O4P/c7-14-15(11,12-3-1-2-8)13-5-6(10)4-9/h6H,1-5H2. The maximum Gasteiger partial charge on any atom is 0.485 e. The molecule has 0 heterocycles. The predicted molar refractivity (Wildman–Crippen MR) is 65.2 cm³/mol. The predicted octanol–water partition coefficient (Wildman–Crippen LogP) is 3.93. The first kappa shape index (κ1) is 16.5. The highest BCUT2D eigenvalue weighted by atomic mass is 79.9. The summed E-state index contributed by atoms with van der Waals surface area (Å²) in [7, 11) is -3.58. The van der Waals surface area contributed by atoms with Crippen LogP contribution in [0.5, 0.6) is 0 Å². The van der Waals surface area contributed by atoms with E-state index < -0.39 is 13.2 Å². The Labute approximate surface area is 113 Å². The molecular formula is C6H11BrCl3O4P. The van der Waals surface area contributed by atoms with Crippen molar-refractivity contribution in [2.24, 2.45) is 0 Å². The van der Waals surface area contributed by atoms with E-state index in [4.69, 9.17) is 43.9 Å². The summed E-state index contributed by atoms with van der Waals surface area (Å²) in [5, 5.41) is -0.445. The van der Waals surface area contributed by atoms with Crippen molar-refractivity contribution in [1.82, 2.24) is 0 Å². The van der Waals surface area contributed by atoms with Crippen LogP contribution < -0.4 is 0 Å². The third kappa shape index (κ3) is 8.22. The minimum atomic E-state index is -3.58. The lowest BCUT2D eigenvalue weighted by Gasteiger charge is -2.15. The lowest BCUT2D eigenvalue weighted by molar-refractivity contribution is 0.166. The fourth-order valence-corrected chi connectivity index (χ4v) is 2.24. The van der Waals surface area contributed by atoms with Gasteiger partial charge in [0.25, 0.3) is 0 Å².